The molecule has 2 atom stereocenters. The molecule has 1 aromatic heterocycles. The van der Waals surface area contributed by atoms with Gasteiger partial charge in [-0.2, -0.15) is 0 Å². The second-order valence-electron chi connectivity index (χ2n) is 4.41. The molecular weight excluding hydrogens is 266 g/mol. The second kappa shape index (κ2) is 7.08. The largest absolute Gasteiger partial charge is 0.476 e. The van der Waals surface area contributed by atoms with Gasteiger partial charge in [-0.05, 0) is 20.3 Å². The molecule has 19 heavy (non-hydrogen) atoms. The standard InChI is InChI=1S/C12H19N3O3S/c1-4-5-7(2)13-12(18)14-8(3)10-15-9(6-19-10)11(16)17/h6-8H,4-5H2,1-3H3,(H,16,17)(H2,13,14,18). The van der Waals surface area contributed by atoms with Crippen molar-refractivity contribution >= 4 is 23.3 Å². The molecule has 3 N–H and O–H groups in total. The van der Waals surface area contributed by atoms with Crippen LogP contribution in [0.3, 0.4) is 0 Å². The molecule has 106 valence electrons. The Morgan fingerprint density at radius 3 is 2.63 bits per heavy atom. The number of urea groups is 1. The number of hydrogen-bond donors (Lipinski definition) is 3. The third-order valence-electron chi connectivity index (χ3n) is 2.56. The number of carboxylic acids is 1. The summed E-state index contributed by atoms with van der Waals surface area (Å²) in [6.07, 6.45) is 1.92. The van der Waals surface area contributed by atoms with E-state index in [0.29, 0.717) is 5.01 Å². The summed E-state index contributed by atoms with van der Waals surface area (Å²) in [7, 11) is 0. The van der Waals surface area contributed by atoms with Crippen molar-refractivity contribution in [2.24, 2.45) is 0 Å². The third kappa shape index (κ3) is 4.86. The molecule has 6 nitrogen and oxygen atoms in total. The Morgan fingerprint density at radius 1 is 1.42 bits per heavy atom. The molecule has 0 aliphatic heterocycles. The molecule has 0 radical (unpaired) electrons. The smallest absolute Gasteiger partial charge is 0.355 e. The van der Waals surface area contributed by atoms with E-state index < -0.39 is 5.97 Å². The highest BCUT2D eigenvalue weighted by Gasteiger charge is 2.16. The lowest BCUT2D eigenvalue weighted by Crippen LogP contribution is -2.41. The van der Waals surface area contributed by atoms with Gasteiger partial charge < -0.3 is 15.7 Å². The molecule has 0 aliphatic carbocycles. The van der Waals surface area contributed by atoms with Crippen molar-refractivity contribution in [1.29, 1.82) is 0 Å². The minimum Gasteiger partial charge on any atom is -0.476 e. The zero-order valence-electron chi connectivity index (χ0n) is 11.3. The van der Waals surface area contributed by atoms with Gasteiger partial charge in [-0.25, -0.2) is 14.6 Å². The molecule has 0 bridgehead atoms. The van der Waals surface area contributed by atoms with Gasteiger partial charge >= 0.3 is 12.0 Å². The van der Waals surface area contributed by atoms with Crippen LogP contribution in [0.15, 0.2) is 5.38 Å². The molecule has 0 fully saturated rings. The van der Waals surface area contributed by atoms with Crippen molar-refractivity contribution in [2.45, 2.75) is 45.7 Å². The predicted octanol–water partition coefficient (Wildman–Crippen LogP) is 2.39. The highest BCUT2D eigenvalue weighted by atomic mass is 32.1. The van der Waals surface area contributed by atoms with Crippen LogP contribution in [0.1, 0.15) is 55.2 Å². The van der Waals surface area contributed by atoms with Gasteiger partial charge in [0, 0.05) is 11.4 Å². The van der Waals surface area contributed by atoms with Crippen LogP contribution in [0.2, 0.25) is 0 Å². The summed E-state index contributed by atoms with van der Waals surface area (Å²) in [5.74, 6) is -1.06. The van der Waals surface area contributed by atoms with E-state index >= 15 is 0 Å². The Balaban J connectivity index is 2.51. The maximum atomic E-state index is 11.7. The number of nitrogens with one attached hydrogen (secondary N) is 2. The Labute approximate surface area is 116 Å². The average Bonchev–Trinajstić information content (AvgIpc) is 2.77. The topological polar surface area (TPSA) is 91.3 Å². The summed E-state index contributed by atoms with van der Waals surface area (Å²) >= 11 is 1.22. The fraction of sp³-hybridized carbons (Fsp3) is 0.583. The maximum absolute atomic E-state index is 11.7. The van der Waals surface area contributed by atoms with Gasteiger partial charge in [0.15, 0.2) is 5.69 Å². The zero-order chi connectivity index (χ0) is 14.4. The number of thiazole rings is 1. The molecule has 2 amide bonds. The van der Waals surface area contributed by atoms with Gasteiger partial charge in [0.1, 0.15) is 5.01 Å². The molecule has 1 heterocycles. The summed E-state index contributed by atoms with van der Waals surface area (Å²) < 4.78 is 0. The van der Waals surface area contributed by atoms with E-state index in [2.05, 4.69) is 22.5 Å². The fourth-order valence-corrected chi connectivity index (χ4v) is 2.41. The summed E-state index contributed by atoms with van der Waals surface area (Å²) in [5, 5.41) is 16.4. The summed E-state index contributed by atoms with van der Waals surface area (Å²) in [6.45, 7) is 5.77. The lowest BCUT2D eigenvalue weighted by Gasteiger charge is -2.16. The monoisotopic (exact) mass is 285 g/mol. The number of carboxylic acid groups (broad SMARTS) is 1. The molecule has 2 unspecified atom stereocenters. The first-order chi connectivity index (χ1) is 8.93. The highest BCUT2D eigenvalue weighted by molar-refractivity contribution is 7.09. The molecular formula is C12H19N3O3S. The molecule has 0 aromatic carbocycles. The van der Waals surface area contributed by atoms with Crippen LogP contribution in [-0.2, 0) is 0 Å². The van der Waals surface area contributed by atoms with Crippen molar-refractivity contribution < 1.29 is 14.7 Å². The van der Waals surface area contributed by atoms with Crippen LogP contribution >= 0.6 is 11.3 Å². The summed E-state index contributed by atoms with van der Waals surface area (Å²) in [4.78, 5) is 26.4. The second-order valence-corrected chi connectivity index (χ2v) is 5.30. The average molecular weight is 285 g/mol. The Kier molecular flexibility index (Phi) is 5.75. The predicted molar refractivity (Wildman–Crippen MR) is 73.5 cm³/mol. The number of aromatic carboxylic acids is 1. The normalized spacial score (nSPS) is 13.6. The van der Waals surface area contributed by atoms with E-state index in [1.165, 1.54) is 16.7 Å². The minimum absolute atomic E-state index is 0.00779. The van der Waals surface area contributed by atoms with Gasteiger partial charge in [0.05, 0.1) is 6.04 Å². The van der Waals surface area contributed by atoms with Crippen LogP contribution in [0.5, 0.6) is 0 Å². The van der Waals surface area contributed by atoms with E-state index in [4.69, 9.17) is 5.11 Å². The summed E-state index contributed by atoms with van der Waals surface area (Å²) in [5.41, 5.74) is 0.00779. The Bertz CT molecular complexity index is 447. The molecule has 0 saturated heterocycles. The molecule has 0 aliphatic rings. The molecule has 7 heteroatoms. The number of carbonyl (C=O) groups is 2. The molecule has 1 rings (SSSR count). The van der Waals surface area contributed by atoms with Crippen molar-refractivity contribution in [3.8, 4) is 0 Å². The van der Waals surface area contributed by atoms with E-state index in [-0.39, 0.29) is 23.8 Å². The van der Waals surface area contributed by atoms with Gasteiger partial charge in [-0.3, -0.25) is 0 Å². The number of aromatic nitrogens is 1. The number of rotatable bonds is 6. The highest BCUT2D eigenvalue weighted by Crippen LogP contribution is 2.17. The lowest BCUT2D eigenvalue weighted by atomic mass is 10.2. The van der Waals surface area contributed by atoms with Crippen molar-refractivity contribution in [3.05, 3.63) is 16.1 Å². The van der Waals surface area contributed by atoms with Crippen LogP contribution in [0.25, 0.3) is 0 Å². The summed E-state index contributed by atoms with van der Waals surface area (Å²) in [6, 6.07) is -0.462. The number of hydrogen-bond acceptors (Lipinski definition) is 4. The van der Waals surface area contributed by atoms with Gasteiger partial charge in [0.2, 0.25) is 0 Å². The van der Waals surface area contributed by atoms with Gasteiger partial charge in [-0.15, -0.1) is 11.3 Å². The maximum Gasteiger partial charge on any atom is 0.355 e. The van der Waals surface area contributed by atoms with Crippen LogP contribution in [-0.4, -0.2) is 28.1 Å². The zero-order valence-corrected chi connectivity index (χ0v) is 12.1. The van der Waals surface area contributed by atoms with Crippen molar-refractivity contribution in [1.82, 2.24) is 15.6 Å². The van der Waals surface area contributed by atoms with Crippen molar-refractivity contribution in [2.75, 3.05) is 0 Å². The number of nitrogens with zero attached hydrogens (tertiary/aromatic N) is 1. The van der Waals surface area contributed by atoms with Crippen LogP contribution in [0, 0.1) is 0 Å². The van der Waals surface area contributed by atoms with Crippen LogP contribution in [0.4, 0.5) is 4.79 Å². The van der Waals surface area contributed by atoms with E-state index in [1.807, 2.05) is 6.92 Å². The fourth-order valence-electron chi connectivity index (χ4n) is 1.61. The van der Waals surface area contributed by atoms with E-state index in [1.54, 1.807) is 6.92 Å². The van der Waals surface area contributed by atoms with Crippen LogP contribution < -0.4 is 10.6 Å². The SMILES string of the molecule is CCCC(C)NC(=O)NC(C)c1nc(C(=O)O)cs1. The molecule has 0 saturated carbocycles. The first kappa shape index (κ1) is 15.4. The lowest BCUT2D eigenvalue weighted by molar-refractivity contribution is 0.0691. The first-order valence-corrected chi connectivity index (χ1v) is 7.07. The van der Waals surface area contributed by atoms with E-state index in [0.717, 1.165) is 12.8 Å². The quantitative estimate of drug-likeness (QED) is 0.748. The van der Waals surface area contributed by atoms with Gasteiger partial charge in [-0.1, -0.05) is 13.3 Å². The van der Waals surface area contributed by atoms with Crippen molar-refractivity contribution in [3.63, 3.8) is 0 Å². The van der Waals surface area contributed by atoms with E-state index in [9.17, 15) is 9.59 Å². The Hall–Kier alpha value is -1.63. The Morgan fingerprint density at radius 2 is 2.11 bits per heavy atom. The number of amides is 2. The first-order valence-electron chi connectivity index (χ1n) is 6.19. The minimum atomic E-state index is -1.06. The number of carbonyl (C=O) groups excluding carboxylic acids is 1. The molecule has 1 aromatic rings. The molecule has 0 spiro atoms. The van der Waals surface area contributed by atoms with Gasteiger partial charge in [0.25, 0.3) is 0 Å². The third-order valence-corrected chi connectivity index (χ3v) is 3.59.